The Bertz CT molecular complexity index is 3750. The van der Waals surface area contributed by atoms with Gasteiger partial charge in [0.05, 0.1) is 33.2 Å². The molecule has 2 heterocycles. The lowest BCUT2D eigenvalue weighted by Gasteiger charge is -2.31. The Balaban J connectivity index is 1.01. The molecular weight excluding hydrogens is 777 g/mol. The third-order valence-electron chi connectivity index (χ3n) is 14.0. The predicted octanol–water partition coefficient (Wildman–Crippen LogP) is 16.2. The second-order valence-corrected chi connectivity index (χ2v) is 17.1. The van der Waals surface area contributed by atoms with E-state index in [0.29, 0.717) is 0 Å². The van der Waals surface area contributed by atoms with Crippen LogP contribution >= 0.6 is 0 Å². The largest absolute Gasteiger partial charge is 0.456 e. The molecule has 0 bridgehead atoms. The molecule has 64 heavy (non-hydrogen) atoms. The lowest BCUT2D eigenvalue weighted by Crippen LogP contribution is -2.26. The van der Waals surface area contributed by atoms with Gasteiger partial charge in [0.15, 0.2) is 0 Å². The van der Waals surface area contributed by atoms with Gasteiger partial charge in [-0.05, 0) is 105 Å². The highest BCUT2D eigenvalue weighted by Gasteiger charge is 2.52. The van der Waals surface area contributed by atoms with Crippen LogP contribution in [0.25, 0.3) is 82.8 Å². The summed E-state index contributed by atoms with van der Waals surface area (Å²) in [7, 11) is 0. The molecule has 298 valence electrons. The minimum atomic E-state index is -0.455. The van der Waals surface area contributed by atoms with Crippen molar-refractivity contribution in [3.63, 3.8) is 0 Å². The van der Waals surface area contributed by atoms with Crippen LogP contribution in [0.5, 0.6) is 0 Å². The minimum absolute atomic E-state index is 0.455. The lowest BCUT2D eigenvalue weighted by atomic mass is 9.70. The summed E-state index contributed by atoms with van der Waals surface area (Å²) in [5.41, 5.74) is 20.7. The van der Waals surface area contributed by atoms with Gasteiger partial charge in [0, 0.05) is 39.2 Å². The van der Waals surface area contributed by atoms with Gasteiger partial charge < -0.3 is 13.9 Å². The summed E-state index contributed by atoms with van der Waals surface area (Å²) in [6.07, 6.45) is 0. The molecule has 0 atom stereocenters. The van der Waals surface area contributed by atoms with Crippen LogP contribution in [-0.2, 0) is 5.41 Å². The number of rotatable bonds is 5. The van der Waals surface area contributed by atoms with Crippen molar-refractivity contribution >= 4 is 60.8 Å². The maximum atomic E-state index is 6.92. The van der Waals surface area contributed by atoms with Crippen LogP contribution in [0.1, 0.15) is 22.3 Å². The van der Waals surface area contributed by atoms with Crippen LogP contribution in [0.2, 0.25) is 0 Å². The quantitative estimate of drug-likeness (QED) is 0.173. The molecule has 0 unspecified atom stereocenters. The highest BCUT2D eigenvalue weighted by atomic mass is 16.3. The molecule has 0 N–H and O–H groups in total. The van der Waals surface area contributed by atoms with E-state index in [1.807, 2.05) is 0 Å². The molecule has 1 spiro atoms. The molecule has 3 nitrogen and oxygen atoms in total. The second kappa shape index (κ2) is 13.3. The van der Waals surface area contributed by atoms with Gasteiger partial charge in [-0.1, -0.05) is 170 Å². The van der Waals surface area contributed by atoms with Crippen LogP contribution < -0.4 is 4.90 Å². The first-order valence-electron chi connectivity index (χ1n) is 22.1. The van der Waals surface area contributed by atoms with E-state index >= 15 is 0 Å². The third kappa shape index (κ3) is 4.70. The van der Waals surface area contributed by atoms with Crippen molar-refractivity contribution in [3.8, 4) is 39.1 Å². The van der Waals surface area contributed by atoms with E-state index in [9.17, 15) is 0 Å². The second-order valence-electron chi connectivity index (χ2n) is 17.1. The van der Waals surface area contributed by atoms with Gasteiger partial charge in [0.25, 0.3) is 0 Å². The number of fused-ring (bicyclic) bond motifs is 16. The molecule has 14 rings (SSSR count). The summed E-state index contributed by atoms with van der Waals surface area (Å²) in [6, 6.07) is 84.3. The first kappa shape index (κ1) is 35.2. The van der Waals surface area contributed by atoms with E-state index in [1.165, 1.54) is 77.4 Å². The molecule has 2 aliphatic carbocycles. The number of benzene rings is 10. The van der Waals surface area contributed by atoms with Gasteiger partial charge in [0.2, 0.25) is 0 Å². The zero-order valence-corrected chi connectivity index (χ0v) is 34.7. The molecule has 3 heteroatoms. The summed E-state index contributed by atoms with van der Waals surface area (Å²) < 4.78 is 9.32. The molecule has 12 aromatic rings. The zero-order valence-electron chi connectivity index (χ0n) is 34.7. The van der Waals surface area contributed by atoms with Crippen LogP contribution in [0.15, 0.2) is 235 Å². The van der Waals surface area contributed by atoms with E-state index in [-0.39, 0.29) is 0 Å². The maximum Gasteiger partial charge on any atom is 0.137 e. The first-order chi connectivity index (χ1) is 31.8. The maximum absolute atomic E-state index is 6.92. The summed E-state index contributed by atoms with van der Waals surface area (Å²) in [5.74, 6) is 0. The Morgan fingerprint density at radius 2 is 0.922 bits per heavy atom. The predicted molar refractivity (Wildman–Crippen MR) is 264 cm³/mol. The van der Waals surface area contributed by atoms with Crippen molar-refractivity contribution in [3.05, 3.63) is 253 Å². The van der Waals surface area contributed by atoms with E-state index < -0.39 is 5.41 Å². The van der Waals surface area contributed by atoms with Crippen molar-refractivity contribution in [2.45, 2.75) is 5.41 Å². The molecule has 0 fully saturated rings. The summed E-state index contributed by atoms with van der Waals surface area (Å²) in [5, 5.41) is 4.66. The van der Waals surface area contributed by atoms with Gasteiger partial charge in [-0.15, -0.1) is 0 Å². The highest BCUT2D eigenvalue weighted by Crippen LogP contribution is 2.64. The van der Waals surface area contributed by atoms with Crippen molar-refractivity contribution < 1.29 is 4.42 Å². The molecule has 10 aromatic carbocycles. The Morgan fingerprint density at radius 1 is 0.375 bits per heavy atom. The normalized spacial score (nSPS) is 13.1. The number of furan rings is 1. The molecule has 0 saturated carbocycles. The minimum Gasteiger partial charge on any atom is -0.456 e. The van der Waals surface area contributed by atoms with Crippen molar-refractivity contribution in [2.75, 3.05) is 4.90 Å². The number of hydrogen-bond donors (Lipinski definition) is 0. The van der Waals surface area contributed by atoms with E-state index in [1.54, 1.807) is 0 Å². The van der Waals surface area contributed by atoms with Crippen LogP contribution in [0, 0.1) is 0 Å². The smallest absolute Gasteiger partial charge is 0.137 e. The summed E-state index contributed by atoms with van der Waals surface area (Å²) >= 11 is 0. The average molecular weight is 815 g/mol. The van der Waals surface area contributed by atoms with Crippen molar-refractivity contribution in [1.29, 1.82) is 0 Å². The molecule has 0 amide bonds. The van der Waals surface area contributed by atoms with E-state index in [0.717, 1.165) is 44.7 Å². The van der Waals surface area contributed by atoms with Crippen molar-refractivity contribution in [2.24, 2.45) is 0 Å². The monoisotopic (exact) mass is 814 g/mol. The van der Waals surface area contributed by atoms with Gasteiger partial charge in [0.1, 0.15) is 11.2 Å². The summed E-state index contributed by atoms with van der Waals surface area (Å²) in [4.78, 5) is 2.44. The van der Waals surface area contributed by atoms with Gasteiger partial charge in [-0.3, -0.25) is 0 Å². The number of anilines is 3. The molecule has 0 radical (unpaired) electrons. The molecule has 2 aliphatic rings. The Hall–Kier alpha value is -8.40. The lowest BCUT2D eigenvalue weighted by molar-refractivity contribution is 0.669. The molecule has 2 aromatic heterocycles. The fourth-order valence-electron chi connectivity index (χ4n) is 11.5. The molecular formula is C61H38N2O. The number of hydrogen-bond acceptors (Lipinski definition) is 2. The summed E-state index contributed by atoms with van der Waals surface area (Å²) in [6.45, 7) is 0. The number of para-hydroxylation sites is 2. The van der Waals surface area contributed by atoms with E-state index in [2.05, 4.69) is 240 Å². The average Bonchev–Trinajstić information content (AvgIpc) is 4.09. The number of nitrogens with zero attached hydrogens (tertiary/aromatic N) is 2. The fraction of sp³-hybridized carbons (Fsp3) is 0.0164. The topological polar surface area (TPSA) is 21.3 Å². The Morgan fingerprint density at radius 3 is 1.62 bits per heavy atom. The van der Waals surface area contributed by atoms with E-state index in [4.69, 9.17) is 4.42 Å². The highest BCUT2D eigenvalue weighted by molar-refractivity contribution is 6.15. The van der Waals surface area contributed by atoms with Gasteiger partial charge in [-0.25, -0.2) is 0 Å². The van der Waals surface area contributed by atoms with Gasteiger partial charge in [-0.2, -0.15) is 0 Å². The Kier molecular flexibility index (Phi) is 7.32. The zero-order chi connectivity index (χ0) is 41.9. The SMILES string of the molecule is c1ccc(-c2ccc(N(c3ccc4c(c3)oc3cccc(-n5c6ccccc6c6ccccc65)c34)c3cccc4c3-c3ccccc3C43c4ccccc4-c4ccccc43)cc2)cc1. The Labute approximate surface area is 370 Å². The fourth-order valence-corrected chi connectivity index (χ4v) is 11.5. The third-order valence-corrected chi connectivity index (χ3v) is 14.0. The van der Waals surface area contributed by atoms with Crippen LogP contribution in [0.3, 0.4) is 0 Å². The number of aromatic nitrogens is 1. The van der Waals surface area contributed by atoms with Crippen molar-refractivity contribution in [1.82, 2.24) is 4.57 Å². The van der Waals surface area contributed by atoms with Crippen LogP contribution in [-0.4, -0.2) is 4.57 Å². The molecule has 0 saturated heterocycles. The first-order valence-corrected chi connectivity index (χ1v) is 22.1. The molecule has 0 aliphatic heterocycles. The van der Waals surface area contributed by atoms with Crippen LogP contribution in [0.4, 0.5) is 17.1 Å². The van der Waals surface area contributed by atoms with Gasteiger partial charge >= 0.3 is 0 Å². The standard InChI is InChI=1S/C61H38N2O/c1-2-16-39(17-3-1)40-32-34-41(35-33-40)62(55-29-14-26-52-59(55)47-22-6-11-25-51(47)61(52)49-23-9-4-18-43(49)44-19-5-10-24-50(44)61)42-36-37-48-58(38-42)64-57-31-15-30-56(60(48)57)63-53-27-12-7-20-45(53)46-21-8-13-28-54(46)63/h1-38H.